The second-order valence-electron chi connectivity index (χ2n) is 20.1. The van der Waals surface area contributed by atoms with Gasteiger partial charge in [-0.25, -0.2) is 9.97 Å². The van der Waals surface area contributed by atoms with E-state index in [1.807, 2.05) is 38.9 Å². The monoisotopic (exact) mass is 833 g/mol. The first-order valence-electron chi connectivity index (χ1n) is 23.2. The summed E-state index contributed by atoms with van der Waals surface area (Å²) < 4.78 is 0. The highest BCUT2D eigenvalue weighted by molar-refractivity contribution is 5.91. The molecular formula is C46H76N10O4. The number of hydrogen-bond acceptors (Lipinski definition) is 8. The third-order valence-electron chi connectivity index (χ3n) is 14.1. The van der Waals surface area contributed by atoms with Crippen molar-refractivity contribution < 1.29 is 19.2 Å². The highest BCUT2D eigenvalue weighted by Crippen LogP contribution is 2.35. The Balaban J connectivity index is 1.10. The molecule has 4 aliphatic heterocycles. The molecule has 2 aromatic heterocycles. The van der Waals surface area contributed by atoms with Crippen molar-refractivity contribution in [1.82, 2.24) is 50.2 Å². The normalized spacial score (nSPS) is 24.0. The van der Waals surface area contributed by atoms with Crippen LogP contribution >= 0.6 is 0 Å². The van der Waals surface area contributed by atoms with E-state index in [4.69, 9.17) is 0 Å². The Morgan fingerprint density at radius 2 is 1.33 bits per heavy atom. The van der Waals surface area contributed by atoms with E-state index in [2.05, 4.69) is 79.0 Å². The number of aryl methyl sites for hydroxylation is 1. The average molecular weight is 833 g/mol. The zero-order valence-corrected chi connectivity index (χ0v) is 38.0. The molecule has 60 heavy (non-hydrogen) atoms. The van der Waals surface area contributed by atoms with Crippen molar-refractivity contribution in [1.29, 1.82) is 0 Å². The highest BCUT2D eigenvalue weighted by Gasteiger charge is 2.43. The Morgan fingerprint density at radius 3 is 1.87 bits per heavy atom. The molecule has 6 atom stereocenters. The number of likely N-dealkylation sites (tertiary alicyclic amines) is 2. The Hall–Kier alpha value is -3.78. The summed E-state index contributed by atoms with van der Waals surface area (Å²) in [6, 6.07) is -1.76. The Morgan fingerprint density at radius 1 is 0.750 bits per heavy atom. The van der Waals surface area contributed by atoms with Gasteiger partial charge < -0.3 is 40.2 Å². The van der Waals surface area contributed by atoms with E-state index in [-0.39, 0.29) is 52.8 Å². The molecule has 2 unspecified atom stereocenters. The van der Waals surface area contributed by atoms with Crippen molar-refractivity contribution in [3.05, 3.63) is 35.9 Å². The molecule has 0 radical (unpaired) electrons. The molecule has 4 aliphatic rings. The number of nitrogens with one attached hydrogen (secondary N) is 4. The van der Waals surface area contributed by atoms with Crippen molar-refractivity contribution in [3.8, 4) is 0 Å². The van der Waals surface area contributed by atoms with Crippen LogP contribution in [0.2, 0.25) is 0 Å². The van der Waals surface area contributed by atoms with Crippen LogP contribution in [0.3, 0.4) is 0 Å². The predicted molar refractivity (Wildman–Crippen MR) is 234 cm³/mol. The van der Waals surface area contributed by atoms with Gasteiger partial charge in [-0.1, -0.05) is 48.5 Å². The molecule has 334 valence electrons. The number of H-pyrrole nitrogens is 2. The molecule has 6 heterocycles. The van der Waals surface area contributed by atoms with Crippen LogP contribution in [0.25, 0.3) is 0 Å². The summed E-state index contributed by atoms with van der Waals surface area (Å²) in [6.45, 7) is 22.1. The van der Waals surface area contributed by atoms with E-state index in [1.54, 1.807) is 6.20 Å². The minimum Gasteiger partial charge on any atom is -0.349 e. The first kappa shape index (κ1) is 45.7. The number of piperazine rings is 2. The average Bonchev–Trinajstić information content (AvgIpc) is 3.88. The number of piperidine rings is 2. The zero-order valence-electron chi connectivity index (χ0n) is 38.0. The third kappa shape index (κ3) is 11.6. The van der Waals surface area contributed by atoms with Gasteiger partial charge in [0.25, 0.3) is 0 Å². The van der Waals surface area contributed by atoms with Crippen molar-refractivity contribution in [2.24, 2.45) is 35.0 Å². The maximum atomic E-state index is 14.7. The van der Waals surface area contributed by atoms with Crippen LogP contribution in [-0.2, 0) is 32.0 Å². The molecule has 6 rings (SSSR count). The lowest BCUT2D eigenvalue weighted by molar-refractivity contribution is -0.151. The Labute approximate surface area is 359 Å². The first-order valence-corrected chi connectivity index (χ1v) is 23.2. The molecule has 14 nitrogen and oxygen atoms in total. The van der Waals surface area contributed by atoms with Crippen LogP contribution in [-0.4, -0.2) is 140 Å². The van der Waals surface area contributed by atoms with Gasteiger partial charge in [0.05, 0.1) is 17.8 Å². The highest BCUT2D eigenvalue weighted by atomic mass is 16.2. The van der Waals surface area contributed by atoms with Gasteiger partial charge in [-0.15, -0.1) is 0 Å². The lowest BCUT2D eigenvalue weighted by atomic mass is 9.77. The van der Waals surface area contributed by atoms with E-state index >= 15 is 0 Å². The number of aromatic amines is 2. The smallest absolute Gasteiger partial charge is 0.245 e. The van der Waals surface area contributed by atoms with Crippen LogP contribution < -0.4 is 10.6 Å². The van der Waals surface area contributed by atoms with Gasteiger partial charge >= 0.3 is 0 Å². The number of carbonyl (C=O) groups is 4. The van der Waals surface area contributed by atoms with Gasteiger partial charge in [0, 0.05) is 83.8 Å². The molecule has 0 saturated carbocycles. The van der Waals surface area contributed by atoms with Crippen LogP contribution in [0.4, 0.5) is 0 Å². The fourth-order valence-corrected chi connectivity index (χ4v) is 10.2. The second-order valence-corrected chi connectivity index (χ2v) is 20.1. The third-order valence-corrected chi connectivity index (χ3v) is 14.1. The maximum absolute atomic E-state index is 14.7. The van der Waals surface area contributed by atoms with Crippen molar-refractivity contribution >= 4 is 23.6 Å². The number of aromatic nitrogens is 4. The summed E-state index contributed by atoms with van der Waals surface area (Å²) in [5, 5.41) is 6.94. The standard InChI is InChI=1S/C46H76N10O4/c1-30(2)23-36-42(57)56(22-15-47-36)39(45(60)54-19-11-46(8,12-20-54)28-41-49-13-14-50-41)26-33(6)32(5)25-37-43(58)55(21-16-48-37)38(24-31(3)4)44(59)53-17-9-35(10-18-53)27-40-51-29-34(7)52-40/h13-14,29-33,35-39,47-48H,9-12,15-28H2,1-8H3,(H,49,50)(H,51,52)/t32?,33?,36-,37-,38-,39-/m0/s1. The number of nitrogens with zero attached hydrogens (tertiary/aromatic N) is 6. The predicted octanol–water partition coefficient (Wildman–Crippen LogP) is 4.58. The molecule has 4 fully saturated rings. The van der Waals surface area contributed by atoms with E-state index < -0.39 is 18.1 Å². The van der Waals surface area contributed by atoms with Crippen molar-refractivity contribution in [2.75, 3.05) is 52.4 Å². The minimum atomic E-state index is -0.562. The lowest BCUT2D eigenvalue weighted by Crippen LogP contribution is -2.63. The molecule has 14 heteroatoms. The molecule has 0 aromatic carbocycles. The van der Waals surface area contributed by atoms with E-state index in [0.717, 1.165) is 62.3 Å². The fourth-order valence-electron chi connectivity index (χ4n) is 10.2. The number of hydrogen-bond donors (Lipinski definition) is 4. The Kier molecular flexibility index (Phi) is 15.5. The molecule has 4 amide bonds. The summed E-state index contributed by atoms with van der Waals surface area (Å²) >= 11 is 0. The molecule has 4 saturated heterocycles. The molecule has 0 spiro atoms. The van der Waals surface area contributed by atoms with Gasteiger partial charge in [0.2, 0.25) is 23.6 Å². The van der Waals surface area contributed by atoms with Crippen LogP contribution in [0.5, 0.6) is 0 Å². The molecule has 0 bridgehead atoms. The summed E-state index contributed by atoms with van der Waals surface area (Å²) in [5.41, 5.74) is 1.04. The quantitative estimate of drug-likeness (QED) is 0.180. The summed E-state index contributed by atoms with van der Waals surface area (Å²) in [6.07, 6.45) is 13.4. The zero-order chi connectivity index (χ0) is 43.1. The van der Waals surface area contributed by atoms with Gasteiger partial charge in [0.15, 0.2) is 0 Å². The number of rotatable bonds is 17. The number of amides is 4. The van der Waals surface area contributed by atoms with Gasteiger partial charge in [-0.05, 0) is 93.3 Å². The largest absolute Gasteiger partial charge is 0.349 e. The second kappa shape index (κ2) is 20.4. The molecule has 4 N–H and O–H groups in total. The summed E-state index contributed by atoms with van der Waals surface area (Å²) in [5.74, 6) is 3.34. The van der Waals surface area contributed by atoms with Gasteiger partial charge in [-0.2, -0.15) is 0 Å². The fraction of sp³-hybridized carbons (Fsp3) is 0.783. The molecular weight excluding hydrogens is 757 g/mol. The summed E-state index contributed by atoms with van der Waals surface area (Å²) in [4.78, 5) is 80.8. The lowest BCUT2D eigenvalue weighted by Gasteiger charge is -2.44. The molecule has 2 aromatic rings. The first-order chi connectivity index (χ1) is 28.6. The van der Waals surface area contributed by atoms with E-state index in [1.165, 1.54) is 0 Å². The SMILES string of the molecule is Cc1c[nH]c(CC2CCN(C(=O)[C@H](CC(C)C)N3CCN[C@@H](CC(C)C(C)C[C@@H](C(=O)N4CCC(C)(Cc5ncc[nH]5)CC4)N4CCN[C@@H](CC(C)C)C4=O)C3=O)CC2)n1. The van der Waals surface area contributed by atoms with Crippen LogP contribution in [0.1, 0.15) is 117 Å². The number of imidazole rings is 2. The van der Waals surface area contributed by atoms with Crippen molar-refractivity contribution in [2.45, 2.75) is 144 Å². The van der Waals surface area contributed by atoms with Crippen LogP contribution in [0.15, 0.2) is 18.6 Å². The minimum absolute atomic E-state index is 0.00488. The van der Waals surface area contributed by atoms with E-state index in [0.29, 0.717) is 83.5 Å². The van der Waals surface area contributed by atoms with Crippen molar-refractivity contribution in [3.63, 3.8) is 0 Å². The van der Waals surface area contributed by atoms with Gasteiger partial charge in [0.1, 0.15) is 23.7 Å². The maximum Gasteiger partial charge on any atom is 0.245 e. The topological polar surface area (TPSA) is 163 Å². The molecule has 0 aliphatic carbocycles. The van der Waals surface area contributed by atoms with Crippen LogP contribution in [0, 0.1) is 41.9 Å². The number of carbonyl (C=O) groups excluding carboxylic acids is 4. The van der Waals surface area contributed by atoms with Gasteiger partial charge in [-0.3, -0.25) is 19.2 Å². The summed E-state index contributed by atoms with van der Waals surface area (Å²) in [7, 11) is 0. The van der Waals surface area contributed by atoms with E-state index in [9.17, 15) is 19.2 Å². The Bertz CT molecular complexity index is 1710.